The van der Waals surface area contributed by atoms with Crippen LogP contribution in [0.25, 0.3) is 0 Å². The zero-order valence-corrected chi connectivity index (χ0v) is 10.2. The molecule has 5 nitrogen and oxygen atoms in total. The van der Waals surface area contributed by atoms with Crippen LogP contribution < -0.4 is 5.32 Å². The van der Waals surface area contributed by atoms with Gasteiger partial charge in [0.2, 0.25) is 0 Å². The van der Waals surface area contributed by atoms with Crippen LogP contribution in [0.1, 0.15) is 26.7 Å². The normalized spacial score (nSPS) is 10.2. The van der Waals surface area contributed by atoms with Crippen molar-refractivity contribution in [1.29, 1.82) is 0 Å². The summed E-state index contributed by atoms with van der Waals surface area (Å²) >= 11 is 0. The van der Waals surface area contributed by atoms with Gasteiger partial charge in [0, 0.05) is 26.2 Å². The lowest BCUT2D eigenvalue weighted by atomic mass is 10.4. The summed E-state index contributed by atoms with van der Waals surface area (Å²) in [4.78, 5) is 13.7. The van der Waals surface area contributed by atoms with Crippen molar-refractivity contribution in [3.05, 3.63) is 12.3 Å². The lowest BCUT2D eigenvalue weighted by Gasteiger charge is -2.21. The molecule has 0 atom stereocenters. The molecule has 0 aliphatic heterocycles. The Bertz CT molecular complexity index is 328. The zero-order chi connectivity index (χ0) is 12.0. The van der Waals surface area contributed by atoms with E-state index in [1.807, 2.05) is 4.90 Å². The second-order valence-electron chi connectivity index (χ2n) is 3.76. The minimum absolute atomic E-state index is 0.0488. The molecule has 1 aromatic heterocycles. The van der Waals surface area contributed by atoms with E-state index in [0.29, 0.717) is 0 Å². The molecular weight excluding hydrogens is 204 g/mol. The predicted octanol–water partition coefficient (Wildman–Crippen LogP) is 2.07. The second kappa shape index (κ2) is 6.15. The predicted molar refractivity (Wildman–Crippen MR) is 64.4 cm³/mol. The van der Waals surface area contributed by atoms with Gasteiger partial charge in [-0.15, -0.1) is 0 Å². The number of rotatable bonds is 5. The lowest BCUT2D eigenvalue weighted by molar-refractivity contribution is 0.211. The van der Waals surface area contributed by atoms with Gasteiger partial charge in [0.15, 0.2) is 0 Å². The number of aryl methyl sites for hydroxylation is 1. The molecule has 1 aromatic rings. The maximum absolute atomic E-state index is 11.9. The molecule has 1 rings (SSSR count). The molecule has 0 aliphatic rings. The second-order valence-corrected chi connectivity index (χ2v) is 3.76. The summed E-state index contributed by atoms with van der Waals surface area (Å²) in [6.07, 6.45) is 3.61. The van der Waals surface area contributed by atoms with Crippen LogP contribution in [-0.2, 0) is 7.05 Å². The van der Waals surface area contributed by atoms with Gasteiger partial charge in [0.25, 0.3) is 0 Å². The van der Waals surface area contributed by atoms with Gasteiger partial charge >= 0.3 is 6.03 Å². The van der Waals surface area contributed by atoms with Crippen LogP contribution in [-0.4, -0.2) is 33.8 Å². The molecule has 0 aliphatic carbocycles. The lowest BCUT2D eigenvalue weighted by Crippen LogP contribution is -2.36. The summed E-state index contributed by atoms with van der Waals surface area (Å²) in [5.41, 5.74) is 0. The minimum Gasteiger partial charge on any atom is -0.325 e. The number of hydrogen-bond acceptors (Lipinski definition) is 2. The molecular formula is C11H20N4O. The molecule has 0 spiro atoms. The van der Waals surface area contributed by atoms with E-state index >= 15 is 0 Å². The van der Waals surface area contributed by atoms with Crippen LogP contribution >= 0.6 is 0 Å². The first-order valence-electron chi connectivity index (χ1n) is 5.73. The van der Waals surface area contributed by atoms with Crippen LogP contribution in [0.2, 0.25) is 0 Å². The van der Waals surface area contributed by atoms with Crippen molar-refractivity contribution >= 4 is 11.8 Å². The molecule has 5 heteroatoms. The van der Waals surface area contributed by atoms with Crippen LogP contribution in [0.15, 0.2) is 12.3 Å². The van der Waals surface area contributed by atoms with E-state index in [9.17, 15) is 4.79 Å². The fourth-order valence-electron chi connectivity index (χ4n) is 1.54. The average Bonchev–Trinajstić information content (AvgIpc) is 2.64. The summed E-state index contributed by atoms with van der Waals surface area (Å²) < 4.78 is 1.65. The zero-order valence-electron chi connectivity index (χ0n) is 10.2. The Morgan fingerprint density at radius 3 is 2.50 bits per heavy atom. The first-order valence-corrected chi connectivity index (χ1v) is 5.73. The van der Waals surface area contributed by atoms with Gasteiger partial charge in [0.1, 0.15) is 5.82 Å². The average molecular weight is 224 g/mol. The fourth-order valence-corrected chi connectivity index (χ4v) is 1.54. The van der Waals surface area contributed by atoms with E-state index < -0.39 is 0 Å². The van der Waals surface area contributed by atoms with E-state index in [4.69, 9.17) is 0 Å². The number of nitrogens with zero attached hydrogens (tertiary/aromatic N) is 3. The van der Waals surface area contributed by atoms with Crippen molar-refractivity contribution in [2.75, 3.05) is 18.4 Å². The molecule has 16 heavy (non-hydrogen) atoms. The summed E-state index contributed by atoms with van der Waals surface area (Å²) in [5, 5.41) is 6.85. The molecule has 1 N–H and O–H groups in total. The molecule has 0 saturated heterocycles. The van der Waals surface area contributed by atoms with Gasteiger partial charge in [0.05, 0.1) is 6.20 Å². The van der Waals surface area contributed by atoms with Gasteiger partial charge in [-0.2, -0.15) is 5.10 Å². The third-order valence-corrected chi connectivity index (χ3v) is 2.33. The van der Waals surface area contributed by atoms with Crippen molar-refractivity contribution in [2.24, 2.45) is 7.05 Å². The van der Waals surface area contributed by atoms with E-state index in [-0.39, 0.29) is 6.03 Å². The quantitative estimate of drug-likeness (QED) is 0.832. The summed E-state index contributed by atoms with van der Waals surface area (Å²) in [5.74, 6) is 0.724. The highest BCUT2D eigenvalue weighted by atomic mass is 16.2. The Kier molecular flexibility index (Phi) is 4.82. The van der Waals surface area contributed by atoms with Gasteiger partial charge in [-0.25, -0.2) is 4.79 Å². The number of urea groups is 1. The van der Waals surface area contributed by atoms with Gasteiger partial charge in [-0.3, -0.25) is 10.00 Å². The van der Waals surface area contributed by atoms with Crippen LogP contribution in [0.5, 0.6) is 0 Å². The highest BCUT2D eigenvalue weighted by Crippen LogP contribution is 2.06. The van der Waals surface area contributed by atoms with Crippen molar-refractivity contribution in [1.82, 2.24) is 14.7 Å². The molecule has 90 valence electrons. The minimum atomic E-state index is -0.0488. The van der Waals surface area contributed by atoms with Gasteiger partial charge in [-0.05, 0) is 12.8 Å². The van der Waals surface area contributed by atoms with E-state index in [1.54, 1.807) is 24.0 Å². The van der Waals surface area contributed by atoms with E-state index in [1.165, 1.54) is 0 Å². The third-order valence-electron chi connectivity index (χ3n) is 2.33. The number of hydrogen-bond donors (Lipinski definition) is 1. The maximum atomic E-state index is 11.9. The largest absolute Gasteiger partial charge is 0.325 e. The standard InChI is InChI=1S/C11H20N4O/c1-4-8-15(9-5-2)11(16)13-10-6-7-12-14(10)3/h6-7H,4-5,8-9H2,1-3H3,(H,13,16). The van der Waals surface area contributed by atoms with Crippen LogP contribution in [0, 0.1) is 0 Å². The molecule has 0 fully saturated rings. The molecule has 2 amide bonds. The van der Waals surface area contributed by atoms with E-state index in [2.05, 4.69) is 24.3 Å². The molecule has 0 bridgehead atoms. The van der Waals surface area contributed by atoms with Crippen molar-refractivity contribution < 1.29 is 4.79 Å². The SMILES string of the molecule is CCCN(CCC)C(=O)Nc1ccnn1C. The maximum Gasteiger partial charge on any atom is 0.322 e. The van der Waals surface area contributed by atoms with Crippen molar-refractivity contribution in [2.45, 2.75) is 26.7 Å². The molecule has 0 saturated carbocycles. The van der Waals surface area contributed by atoms with Gasteiger partial charge in [-0.1, -0.05) is 13.8 Å². The Hall–Kier alpha value is -1.52. The molecule has 1 heterocycles. The first-order chi connectivity index (χ1) is 7.69. The van der Waals surface area contributed by atoms with Crippen LogP contribution in [0.4, 0.5) is 10.6 Å². The highest BCUT2D eigenvalue weighted by molar-refractivity contribution is 5.88. The fraction of sp³-hybridized carbons (Fsp3) is 0.636. The smallest absolute Gasteiger partial charge is 0.322 e. The number of carbonyl (C=O) groups is 1. The number of carbonyl (C=O) groups excluding carboxylic acids is 1. The monoisotopic (exact) mass is 224 g/mol. The Morgan fingerprint density at radius 1 is 1.44 bits per heavy atom. The molecule has 0 unspecified atom stereocenters. The third kappa shape index (κ3) is 3.25. The number of aromatic nitrogens is 2. The van der Waals surface area contributed by atoms with Gasteiger partial charge < -0.3 is 4.90 Å². The summed E-state index contributed by atoms with van der Waals surface area (Å²) in [6, 6.07) is 1.74. The highest BCUT2D eigenvalue weighted by Gasteiger charge is 2.12. The number of anilines is 1. The van der Waals surface area contributed by atoms with Crippen LogP contribution in [0.3, 0.4) is 0 Å². The molecule has 0 radical (unpaired) electrons. The van der Waals surface area contributed by atoms with Crippen molar-refractivity contribution in [3.8, 4) is 0 Å². The number of amides is 2. The topological polar surface area (TPSA) is 50.2 Å². The number of nitrogens with one attached hydrogen (secondary N) is 1. The summed E-state index contributed by atoms with van der Waals surface area (Å²) in [7, 11) is 1.81. The Labute approximate surface area is 96.4 Å². The summed E-state index contributed by atoms with van der Waals surface area (Å²) in [6.45, 7) is 5.72. The van der Waals surface area contributed by atoms with E-state index in [0.717, 1.165) is 31.7 Å². The molecule has 0 aromatic carbocycles. The Morgan fingerprint density at radius 2 is 2.06 bits per heavy atom. The Balaban J connectivity index is 2.58. The first kappa shape index (κ1) is 12.5. The van der Waals surface area contributed by atoms with Crippen molar-refractivity contribution in [3.63, 3.8) is 0 Å².